The largest absolute Gasteiger partial charge is 0.491 e. The average Bonchev–Trinajstić information content (AvgIpc) is 2.71. The molecule has 0 amide bonds. The topological polar surface area (TPSA) is 24.5 Å². The highest BCUT2D eigenvalue weighted by atomic mass is 35.5. The molecule has 1 aliphatic rings. The molecule has 1 atom stereocenters. The van der Waals surface area contributed by atoms with Gasteiger partial charge in [0.05, 0.1) is 6.61 Å². The maximum atomic E-state index is 13.8. The van der Waals surface area contributed by atoms with Crippen LogP contribution in [-0.4, -0.2) is 37.7 Å². The van der Waals surface area contributed by atoms with Crippen LogP contribution in [0.4, 0.5) is 4.39 Å². The van der Waals surface area contributed by atoms with Crippen molar-refractivity contribution >= 4 is 12.4 Å². The number of hydrogen-bond acceptors (Lipinski definition) is 3. The zero-order valence-electron chi connectivity index (χ0n) is 12.9. The van der Waals surface area contributed by atoms with Gasteiger partial charge < -0.3 is 10.1 Å². The third-order valence-electron chi connectivity index (χ3n) is 3.90. The predicted octanol–water partition coefficient (Wildman–Crippen LogP) is 3.22. The van der Waals surface area contributed by atoms with Crippen LogP contribution >= 0.6 is 12.4 Å². The molecule has 0 aliphatic carbocycles. The van der Waals surface area contributed by atoms with Crippen LogP contribution in [0.15, 0.2) is 18.2 Å². The first kappa shape index (κ1) is 18.2. The van der Waals surface area contributed by atoms with E-state index >= 15 is 0 Å². The number of nitrogens with one attached hydrogen (secondary N) is 1. The van der Waals surface area contributed by atoms with E-state index in [1.807, 2.05) is 13.0 Å². The molecular weight excluding hydrogens is 291 g/mol. The van der Waals surface area contributed by atoms with Crippen LogP contribution in [0.1, 0.15) is 31.7 Å². The minimum atomic E-state index is -0.264. The second kappa shape index (κ2) is 9.23. The molecule has 120 valence electrons. The zero-order valence-corrected chi connectivity index (χ0v) is 13.7. The SMILES string of the molecule is CCOc1ccc(CN(C)C2CCCNCC2)cc1F.Cl. The van der Waals surface area contributed by atoms with Crippen molar-refractivity contribution in [2.24, 2.45) is 0 Å². The van der Waals surface area contributed by atoms with Gasteiger partial charge in [0.2, 0.25) is 0 Å². The van der Waals surface area contributed by atoms with Crippen molar-refractivity contribution < 1.29 is 9.13 Å². The van der Waals surface area contributed by atoms with Gasteiger partial charge in [-0.15, -0.1) is 12.4 Å². The fraction of sp³-hybridized carbons (Fsp3) is 0.625. The fourth-order valence-electron chi connectivity index (χ4n) is 2.77. The highest BCUT2D eigenvalue weighted by molar-refractivity contribution is 5.85. The van der Waals surface area contributed by atoms with Crippen molar-refractivity contribution in [1.82, 2.24) is 10.2 Å². The first-order chi connectivity index (χ1) is 9.70. The Morgan fingerprint density at radius 1 is 1.33 bits per heavy atom. The van der Waals surface area contributed by atoms with Crippen LogP contribution in [0.25, 0.3) is 0 Å². The Bertz CT molecular complexity index is 423. The summed E-state index contributed by atoms with van der Waals surface area (Å²) < 4.78 is 19.1. The van der Waals surface area contributed by atoms with E-state index in [0.717, 1.165) is 31.6 Å². The Hall–Kier alpha value is -0.840. The normalized spacial score (nSPS) is 19.0. The maximum Gasteiger partial charge on any atom is 0.165 e. The van der Waals surface area contributed by atoms with E-state index in [1.165, 1.54) is 12.8 Å². The monoisotopic (exact) mass is 316 g/mol. The third-order valence-corrected chi connectivity index (χ3v) is 3.90. The molecule has 1 aliphatic heterocycles. The minimum absolute atomic E-state index is 0. The molecule has 1 saturated heterocycles. The standard InChI is InChI=1S/C16H25FN2O.ClH/c1-3-20-16-7-6-13(11-15(16)17)12-19(2)14-5-4-9-18-10-8-14;/h6-7,11,14,18H,3-5,8-10,12H2,1-2H3;1H. The summed E-state index contributed by atoms with van der Waals surface area (Å²) >= 11 is 0. The van der Waals surface area contributed by atoms with E-state index in [4.69, 9.17) is 4.74 Å². The molecule has 2 rings (SSSR count). The van der Waals surface area contributed by atoms with Crippen molar-refractivity contribution in [2.45, 2.75) is 38.8 Å². The molecule has 0 bridgehead atoms. The van der Waals surface area contributed by atoms with Gasteiger partial charge in [-0.3, -0.25) is 4.90 Å². The predicted molar refractivity (Wildman–Crippen MR) is 86.8 cm³/mol. The summed E-state index contributed by atoms with van der Waals surface area (Å²) in [6.45, 7) is 5.33. The molecule has 21 heavy (non-hydrogen) atoms. The van der Waals surface area contributed by atoms with Gasteiger partial charge in [0.25, 0.3) is 0 Å². The lowest BCUT2D eigenvalue weighted by Crippen LogP contribution is -2.32. The van der Waals surface area contributed by atoms with Crippen LogP contribution in [0.2, 0.25) is 0 Å². The van der Waals surface area contributed by atoms with E-state index in [0.29, 0.717) is 18.4 Å². The van der Waals surface area contributed by atoms with E-state index in [-0.39, 0.29) is 18.2 Å². The maximum absolute atomic E-state index is 13.8. The molecule has 0 aromatic heterocycles. The Balaban J connectivity index is 0.00000220. The number of benzene rings is 1. The number of hydrogen-bond donors (Lipinski definition) is 1. The summed E-state index contributed by atoms with van der Waals surface area (Å²) in [4.78, 5) is 2.34. The molecule has 1 aromatic carbocycles. The zero-order chi connectivity index (χ0) is 14.4. The lowest BCUT2D eigenvalue weighted by atomic mass is 10.1. The molecule has 1 unspecified atom stereocenters. The van der Waals surface area contributed by atoms with Crippen LogP contribution in [0.5, 0.6) is 5.75 Å². The molecule has 1 fully saturated rings. The summed E-state index contributed by atoms with van der Waals surface area (Å²) in [7, 11) is 2.13. The van der Waals surface area contributed by atoms with Gasteiger partial charge in [0, 0.05) is 12.6 Å². The highest BCUT2D eigenvalue weighted by Crippen LogP contribution is 2.20. The van der Waals surface area contributed by atoms with Crippen LogP contribution < -0.4 is 10.1 Å². The highest BCUT2D eigenvalue weighted by Gasteiger charge is 2.17. The van der Waals surface area contributed by atoms with Crippen molar-refractivity contribution in [2.75, 3.05) is 26.7 Å². The smallest absolute Gasteiger partial charge is 0.165 e. The van der Waals surface area contributed by atoms with Crippen molar-refractivity contribution in [3.8, 4) is 5.75 Å². The van der Waals surface area contributed by atoms with E-state index in [9.17, 15) is 4.39 Å². The molecule has 1 N–H and O–H groups in total. The molecule has 0 spiro atoms. The van der Waals surface area contributed by atoms with Crippen molar-refractivity contribution in [3.05, 3.63) is 29.6 Å². The summed E-state index contributed by atoms with van der Waals surface area (Å²) in [6.07, 6.45) is 3.59. The lowest BCUT2D eigenvalue weighted by Gasteiger charge is -2.27. The summed E-state index contributed by atoms with van der Waals surface area (Å²) in [6, 6.07) is 5.87. The van der Waals surface area contributed by atoms with Gasteiger partial charge in [0.15, 0.2) is 11.6 Å². The number of ether oxygens (including phenoxy) is 1. The van der Waals surface area contributed by atoms with Crippen LogP contribution in [-0.2, 0) is 6.54 Å². The number of halogens is 2. The van der Waals surface area contributed by atoms with Gasteiger partial charge in [-0.25, -0.2) is 4.39 Å². The minimum Gasteiger partial charge on any atom is -0.491 e. The Morgan fingerprint density at radius 3 is 2.86 bits per heavy atom. The van der Waals surface area contributed by atoms with Gasteiger partial charge in [-0.1, -0.05) is 6.07 Å². The van der Waals surface area contributed by atoms with Crippen molar-refractivity contribution in [3.63, 3.8) is 0 Å². The average molecular weight is 317 g/mol. The first-order valence-electron chi connectivity index (χ1n) is 7.53. The number of nitrogens with zero attached hydrogens (tertiary/aromatic N) is 1. The summed E-state index contributed by atoms with van der Waals surface area (Å²) in [5.41, 5.74) is 1.01. The molecule has 1 heterocycles. The Labute approximate surface area is 133 Å². The fourth-order valence-corrected chi connectivity index (χ4v) is 2.77. The quantitative estimate of drug-likeness (QED) is 0.902. The van der Waals surface area contributed by atoms with E-state index in [2.05, 4.69) is 17.3 Å². The Kier molecular flexibility index (Phi) is 8.01. The van der Waals surface area contributed by atoms with Gasteiger partial charge in [-0.05, 0) is 64.0 Å². The van der Waals surface area contributed by atoms with E-state index in [1.54, 1.807) is 12.1 Å². The Morgan fingerprint density at radius 2 is 2.14 bits per heavy atom. The van der Waals surface area contributed by atoms with E-state index < -0.39 is 0 Å². The van der Waals surface area contributed by atoms with Crippen LogP contribution in [0, 0.1) is 5.82 Å². The third kappa shape index (κ3) is 5.46. The molecule has 0 saturated carbocycles. The molecule has 3 nitrogen and oxygen atoms in total. The van der Waals surface area contributed by atoms with Crippen molar-refractivity contribution in [1.29, 1.82) is 0 Å². The van der Waals surface area contributed by atoms with Gasteiger partial charge in [-0.2, -0.15) is 0 Å². The second-order valence-electron chi connectivity index (χ2n) is 5.45. The first-order valence-corrected chi connectivity index (χ1v) is 7.53. The molecular formula is C16H26ClFN2O. The van der Waals surface area contributed by atoms with Gasteiger partial charge in [0.1, 0.15) is 0 Å². The second-order valence-corrected chi connectivity index (χ2v) is 5.45. The van der Waals surface area contributed by atoms with Gasteiger partial charge >= 0.3 is 0 Å². The number of rotatable bonds is 5. The molecule has 0 radical (unpaired) electrons. The molecule has 5 heteroatoms. The molecule has 1 aromatic rings. The summed E-state index contributed by atoms with van der Waals surface area (Å²) in [5.74, 6) is 0.0813. The lowest BCUT2D eigenvalue weighted by molar-refractivity contribution is 0.216. The summed E-state index contributed by atoms with van der Waals surface area (Å²) in [5, 5.41) is 3.42. The van der Waals surface area contributed by atoms with Crippen LogP contribution in [0.3, 0.4) is 0 Å².